The highest BCUT2D eigenvalue weighted by atomic mass is 16.1. The van der Waals surface area contributed by atoms with E-state index in [1.165, 1.54) is 0 Å². The molecule has 1 aromatic heterocycles. The number of nitrogens with zero attached hydrogens (tertiary/aromatic N) is 1. The second-order valence-electron chi connectivity index (χ2n) is 4.86. The third-order valence-electron chi connectivity index (χ3n) is 2.96. The summed E-state index contributed by atoms with van der Waals surface area (Å²) in [5.41, 5.74) is 9.18. The third-order valence-corrected chi connectivity index (χ3v) is 2.96. The number of hydrogen-bond acceptors (Lipinski definition) is 3. The van der Waals surface area contributed by atoms with Gasteiger partial charge in [0, 0.05) is 11.3 Å². The molecule has 0 aliphatic carbocycles. The Morgan fingerprint density at radius 1 is 1.25 bits per heavy atom. The molecule has 0 fully saturated rings. The molecule has 20 heavy (non-hydrogen) atoms. The molecule has 2 rings (SSSR count). The van der Waals surface area contributed by atoms with Crippen LogP contribution in [0.2, 0.25) is 0 Å². The van der Waals surface area contributed by atoms with Gasteiger partial charge in [-0.15, -0.1) is 0 Å². The first kappa shape index (κ1) is 14.2. The fraction of sp³-hybridized carbons (Fsp3) is 0.250. The van der Waals surface area contributed by atoms with Gasteiger partial charge in [-0.3, -0.25) is 4.79 Å². The van der Waals surface area contributed by atoms with Crippen molar-refractivity contribution in [3.8, 4) is 0 Å². The predicted octanol–water partition coefficient (Wildman–Crippen LogP) is 2.45. The molecule has 0 radical (unpaired) electrons. The van der Waals surface area contributed by atoms with E-state index in [0.29, 0.717) is 17.9 Å². The molecule has 0 unspecified atom stereocenters. The van der Waals surface area contributed by atoms with Crippen molar-refractivity contribution < 1.29 is 4.79 Å². The Hall–Kier alpha value is -2.20. The van der Waals surface area contributed by atoms with E-state index in [-0.39, 0.29) is 5.91 Å². The maximum atomic E-state index is 12.2. The van der Waals surface area contributed by atoms with Gasteiger partial charge in [-0.1, -0.05) is 12.1 Å². The topological polar surface area (TPSA) is 68.0 Å². The summed E-state index contributed by atoms with van der Waals surface area (Å²) in [7, 11) is 0. The van der Waals surface area contributed by atoms with E-state index in [4.69, 9.17) is 5.73 Å². The zero-order valence-electron chi connectivity index (χ0n) is 11.8. The Morgan fingerprint density at radius 3 is 2.75 bits per heavy atom. The van der Waals surface area contributed by atoms with E-state index in [2.05, 4.69) is 10.3 Å². The Morgan fingerprint density at radius 2 is 2.05 bits per heavy atom. The molecule has 3 N–H and O–H groups in total. The Labute approximate surface area is 119 Å². The van der Waals surface area contributed by atoms with Crippen molar-refractivity contribution in [1.82, 2.24) is 4.98 Å². The largest absolute Gasteiger partial charge is 0.330 e. The highest BCUT2D eigenvalue weighted by Gasteiger charge is 2.08. The first-order valence-corrected chi connectivity index (χ1v) is 6.64. The minimum atomic E-state index is -0.152. The van der Waals surface area contributed by atoms with Gasteiger partial charge in [0.2, 0.25) is 0 Å². The minimum Gasteiger partial charge on any atom is -0.330 e. The van der Waals surface area contributed by atoms with E-state index in [9.17, 15) is 4.79 Å². The molecule has 104 valence electrons. The molecule has 2 aromatic rings. The molecule has 0 bridgehead atoms. The molecule has 0 saturated heterocycles. The standard InChI is InChI=1S/C16H19N3O/c1-11-8-12(2)18-15(9-11)19-16(20)14-5-3-4-13(10-14)6-7-17/h3-5,8-10H,6-7,17H2,1-2H3,(H,18,19,20). The molecule has 0 spiro atoms. The van der Waals surface area contributed by atoms with Crippen molar-refractivity contribution in [2.75, 3.05) is 11.9 Å². The van der Waals surface area contributed by atoms with Crippen LogP contribution in [0.5, 0.6) is 0 Å². The number of rotatable bonds is 4. The number of hydrogen-bond donors (Lipinski definition) is 2. The number of benzene rings is 1. The summed E-state index contributed by atoms with van der Waals surface area (Å²) < 4.78 is 0. The van der Waals surface area contributed by atoms with Crippen molar-refractivity contribution in [2.24, 2.45) is 5.73 Å². The molecule has 0 aliphatic heterocycles. The van der Waals surface area contributed by atoms with Gasteiger partial charge in [-0.2, -0.15) is 0 Å². The minimum absolute atomic E-state index is 0.152. The van der Waals surface area contributed by atoms with Gasteiger partial charge in [0.1, 0.15) is 5.82 Å². The Kier molecular flexibility index (Phi) is 4.48. The predicted molar refractivity (Wildman–Crippen MR) is 80.9 cm³/mol. The lowest BCUT2D eigenvalue weighted by atomic mass is 10.1. The van der Waals surface area contributed by atoms with Gasteiger partial charge in [0.05, 0.1) is 0 Å². The van der Waals surface area contributed by atoms with E-state index >= 15 is 0 Å². The molecule has 1 heterocycles. The molecule has 0 saturated carbocycles. The number of amides is 1. The van der Waals surface area contributed by atoms with Crippen LogP contribution in [0, 0.1) is 13.8 Å². The average molecular weight is 269 g/mol. The maximum Gasteiger partial charge on any atom is 0.256 e. The fourth-order valence-corrected chi connectivity index (χ4v) is 2.13. The molecule has 1 aromatic carbocycles. The van der Waals surface area contributed by atoms with Crippen LogP contribution in [0.15, 0.2) is 36.4 Å². The van der Waals surface area contributed by atoms with Gasteiger partial charge < -0.3 is 11.1 Å². The lowest BCUT2D eigenvalue weighted by Crippen LogP contribution is -2.14. The molecule has 4 nitrogen and oxygen atoms in total. The zero-order valence-corrected chi connectivity index (χ0v) is 11.8. The van der Waals surface area contributed by atoms with E-state index in [1.54, 1.807) is 6.07 Å². The molecular formula is C16H19N3O. The Balaban J connectivity index is 2.17. The number of nitrogens with one attached hydrogen (secondary N) is 1. The average Bonchev–Trinajstić information content (AvgIpc) is 2.38. The lowest BCUT2D eigenvalue weighted by molar-refractivity contribution is 0.102. The van der Waals surface area contributed by atoms with Crippen LogP contribution in [-0.4, -0.2) is 17.4 Å². The van der Waals surface area contributed by atoms with Crippen LogP contribution in [0.3, 0.4) is 0 Å². The van der Waals surface area contributed by atoms with Crippen molar-refractivity contribution in [1.29, 1.82) is 0 Å². The monoisotopic (exact) mass is 269 g/mol. The van der Waals surface area contributed by atoms with Gasteiger partial charge in [-0.25, -0.2) is 4.98 Å². The summed E-state index contributed by atoms with van der Waals surface area (Å²) in [6, 6.07) is 11.3. The highest BCUT2D eigenvalue weighted by molar-refractivity contribution is 6.03. The summed E-state index contributed by atoms with van der Waals surface area (Å²) in [5.74, 6) is 0.429. The van der Waals surface area contributed by atoms with E-state index in [1.807, 2.05) is 44.2 Å². The summed E-state index contributed by atoms with van der Waals surface area (Å²) >= 11 is 0. The van der Waals surface area contributed by atoms with Crippen LogP contribution >= 0.6 is 0 Å². The van der Waals surface area contributed by atoms with Crippen LogP contribution in [0.4, 0.5) is 5.82 Å². The lowest BCUT2D eigenvalue weighted by Gasteiger charge is -2.07. The van der Waals surface area contributed by atoms with Crippen molar-refractivity contribution in [3.05, 3.63) is 58.8 Å². The quantitative estimate of drug-likeness (QED) is 0.895. The molecular weight excluding hydrogens is 250 g/mol. The van der Waals surface area contributed by atoms with E-state index in [0.717, 1.165) is 23.2 Å². The van der Waals surface area contributed by atoms with Crippen molar-refractivity contribution >= 4 is 11.7 Å². The normalized spacial score (nSPS) is 10.3. The number of carbonyl (C=O) groups is 1. The maximum absolute atomic E-state index is 12.2. The number of pyridine rings is 1. The zero-order chi connectivity index (χ0) is 14.5. The van der Waals surface area contributed by atoms with Crippen molar-refractivity contribution in [3.63, 3.8) is 0 Å². The first-order valence-electron chi connectivity index (χ1n) is 6.64. The van der Waals surface area contributed by atoms with Gasteiger partial charge in [0.15, 0.2) is 0 Å². The van der Waals surface area contributed by atoms with Crippen LogP contribution < -0.4 is 11.1 Å². The molecule has 0 aliphatic rings. The Bertz CT molecular complexity index is 603. The second kappa shape index (κ2) is 6.30. The smallest absolute Gasteiger partial charge is 0.256 e. The molecule has 1 amide bonds. The number of nitrogens with two attached hydrogens (primary N) is 1. The van der Waals surface area contributed by atoms with Crippen LogP contribution in [0.1, 0.15) is 27.2 Å². The van der Waals surface area contributed by atoms with Crippen molar-refractivity contribution in [2.45, 2.75) is 20.3 Å². The van der Waals surface area contributed by atoms with Crippen LogP contribution in [-0.2, 0) is 6.42 Å². The summed E-state index contributed by atoms with van der Waals surface area (Å²) in [4.78, 5) is 16.5. The number of aromatic nitrogens is 1. The fourth-order valence-electron chi connectivity index (χ4n) is 2.13. The second-order valence-corrected chi connectivity index (χ2v) is 4.86. The summed E-state index contributed by atoms with van der Waals surface area (Å²) in [6.45, 7) is 4.46. The van der Waals surface area contributed by atoms with Crippen LogP contribution in [0.25, 0.3) is 0 Å². The summed E-state index contributed by atoms with van der Waals surface area (Å²) in [6.07, 6.45) is 0.767. The molecule has 4 heteroatoms. The number of anilines is 1. The number of aryl methyl sites for hydroxylation is 2. The van der Waals surface area contributed by atoms with Gasteiger partial charge in [0.25, 0.3) is 5.91 Å². The number of carbonyl (C=O) groups excluding carboxylic acids is 1. The summed E-state index contributed by atoms with van der Waals surface area (Å²) in [5, 5.41) is 2.83. The van der Waals surface area contributed by atoms with Gasteiger partial charge >= 0.3 is 0 Å². The SMILES string of the molecule is Cc1cc(C)nc(NC(=O)c2cccc(CCN)c2)c1. The first-order chi connectivity index (χ1) is 9.58. The van der Waals surface area contributed by atoms with Gasteiger partial charge in [-0.05, 0) is 62.2 Å². The third kappa shape index (κ3) is 3.65. The molecule has 0 atom stereocenters. The highest BCUT2D eigenvalue weighted by Crippen LogP contribution is 2.12. The van der Waals surface area contributed by atoms with E-state index < -0.39 is 0 Å².